The maximum Gasteiger partial charge on any atom is 0.0615 e. The highest BCUT2D eigenvalue weighted by molar-refractivity contribution is 5.11. The van der Waals surface area contributed by atoms with Crippen LogP contribution in [0.2, 0.25) is 0 Å². The first-order valence-electron chi connectivity index (χ1n) is 3.05. The number of nitrogens with zero attached hydrogens (tertiary/aromatic N) is 3. The van der Waals surface area contributed by atoms with Gasteiger partial charge in [0, 0.05) is 11.4 Å². The summed E-state index contributed by atoms with van der Waals surface area (Å²) in [6, 6.07) is 0. The van der Waals surface area contributed by atoms with Crippen LogP contribution in [0.3, 0.4) is 0 Å². The summed E-state index contributed by atoms with van der Waals surface area (Å²) in [7, 11) is 1.25. The van der Waals surface area contributed by atoms with Crippen molar-refractivity contribution in [1.82, 2.24) is 15.6 Å². The summed E-state index contributed by atoms with van der Waals surface area (Å²) in [5.41, 5.74) is 0.670. The van der Waals surface area contributed by atoms with Gasteiger partial charge < -0.3 is 20.8 Å². The lowest BCUT2D eigenvalue weighted by molar-refractivity contribution is -0.312. The Morgan fingerprint density at radius 1 is 1.09 bits per heavy atom. The standard InChI is InChI=1S/C5H9N3O3/c1-4-5(2)7(10)8(11-3)6(4)9/h1-3H3/q-2. The fourth-order valence-electron chi connectivity index (χ4n) is 0.756. The molecule has 0 spiro atoms. The Bertz CT molecular complexity index is 175. The van der Waals surface area contributed by atoms with Crippen molar-refractivity contribution < 1.29 is 4.84 Å². The molecule has 6 nitrogen and oxygen atoms in total. The van der Waals surface area contributed by atoms with Crippen molar-refractivity contribution in [2.24, 2.45) is 0 Å². The Labute approximate surface area is 64.3 Å². The Kier molecular flexibility index (Phi) is 2.01. The molecule has 0 fully saturated rings. The van der Waals surface area contributed by atoms with E-state index in [1.54, 1.807) is 13.8 Å². The van der Waals surface area contributed by atoms with Crippen molar-refractivity contribution in [2.45, 2.75) is 13.8 Å². The molecule has 0 unspecified atom stereocenters. The zero-order valence-electron chi connectivity index (χ0n) is 6.57. The molecule has 1 aliphatic heterocycles. The van der Waals surface area contributed by atoms with E-state index in [1.807, 2.05) is 0 Å². The van der Waals surface area contributed by atoms with Crippen molar-refractivity contribution >= 4 is 0 Å². The highest BCUT2D eigenvalue weighted by Gasteiger charge is 2.19. The lowest BCUT2D eigenvalue weighted by atomic mass is 10.4. The number of hydrogen-bond acceptors (Lipinski definition) is 6. The molecule has 0 aromatic rings. The van der Waals surface area contributed by atoms with Gasteiger partial charge in [-0.1, -0.05) is 0 Å². The van der Waals surface area contributed by atoms with Crippen molar-refractivity contribution in [2.75, 3.05) is 7.11 Å². The summed E-state index contributed by atoms with van der Waals surface area (Å²) < 4.78 is 0. The molecule has 11 heavy (non-hydrogen) atoms. The topological polar surface area (TPSA) is 65.1 Å². The van der Waals surface area contributed by atoms with Crippen LogP contribution < -0.4 is 0 Å². The van der Waals surface area contributed by atoms with Gasteiger partial charge in [0.2, 0.25) is 0 Å². The first-order valence-corrected chi connectivity index (χ1v) is 3.05. The average Bonchev–Trinajstić information content (AvgIpc) is 2.17. The predicted molar refractivity (Wildman–Crippen MR) is 37.6 cm³/mol. The van der Waals surface area contributed by atoms with E-state index in [1.165, 1.54) is 7.11 Å². The van der Waals surface area contributed by atoms with Gasteiger partial charge in [-0.2, -0.15) is 0 Å². The number of hydrogen-bond donors (Lipinski definition) is 0. The summed E-state index contributed by atoms with van der Waals surface area (Å²) in [6.45, 7) is 3.10. The summed E-state index contributed by atoms with van der Waals surface area (Å²) in [5, 5.41) is 23.3. The average molecular weight is 159 g/mol. The van der Waals surface area contributed by atoms with Crippen molar-refractivity contribution in [1.29, 1.82) is 0 Å². The summed E-state index contributed by atoms with van der Waals surface area (Å²) in [4.78, 5) is 4.50. The van der Waals surface area contributed by atoms with Crippen LogP contribution in [0.4, 0.5) is 0 Å². The van der Waals surface area contributed by atoms with Crippen LogP contribution in [0.5, 0.6) is 0 Å². The van der Waals surface area contributed by atoms with Gasteiger partial charge in [0.25, 0.3) is 0 Å². The van der Waals surface area contributed by atoms with Crippen LogP contribution >= 0.6 is 0 Å². The fourth-order valence-corrected chi connectivity index (χ4v) is 0.756. The van der Waals surface area contributed by atoms with E-state index in [0.29, 0.717) is 27.0 Å². The molecule has 0 amide bonds. The number of allylic oxidation sites excluding steroid dienone is 2. The quantitative estimate of drug-likeness (QED) is 0.556. The minimum absolute atomic E-state index is 0.335. The van der Waals surface area contributed by atoms with Crippen LogP contribution in [-0.2, 0) is 4.84 Å². The van der Waals surface area contributed by atoms with Gasteiger partial charge in [-0.05, 0) is 19.1 Å². The SMILES string of the molecule is CON1N([O-])C(C)=C(C)N1[O-]. The largest absolute Gasteiger partial charge is 0.740 e. The third-order valence-corrected chi connectivity index (χ3v) is 1.57. The molecule has 0 saturated carbocycles. The molecule has 0 bridgehead atoms. The highest BCUT2D eigenvalue weighted by Crippen LogP contribution is 2.24. The van der Waals surface area contributed by atoms with Crippen molar-refractivity contribution in [3.05, 3.63) is 21.8 Å². The normalized spacial score (nSPS) is 20.5. The van der Waals surface area contributed by atoms with E-state index in [0.717, 1.165) is 0 Å². The number of hydrazine groups is 2. The zero-order chi connectivity index (χ0) is 8.59. The molecule has 0 N–H and O–H groups in total. The van der Waals surface area contributed by atoms with Crippen LogP contribution in [-0.4, -0.2) is 22.7 Å². The molecular weight excluding hydrogens is 150 g/mol. The van der Waals surface area contributed by atoms with Crippen molar-refractivity contribution in [3.63, 3.8) is 0 Å². The van der Waals surface area contributed by atoms with E-state index in [-0.39, 0.29) is 0 Å². The summed E-state index contributed by atoms with van der Waals surface area (Å²) in [5.74, 6) is 0. The third-order valence-electron chi connectivity index (χ3n) is 1.57. The highest BCUT2D eigenvalue weighted by atomic mass is 16.9. The van der Waals surface area contributed by atoms with Crippen LogP contribution in [0.1, 0.15) is 13.8 Å². The molecule has 0 saturated heterocycles. The van der Waals surface area contributed by atoms with Gasteiger partial charge in [-0.15, -0.1) is 0 Å². The monoisotopic (exact) mass is 159 g/mol. The number of hydroxylamine groups is 2. The third kappa shape index (κ3) is 1.05. The van der Waals surface area contributed by atoms with E-state index >= 15 is 0 Å². The van der Waals surface area contributed by atoms with Gasteiger partial charge >= 0.3 is 0 Å². The van der Waals surface area contributed by atoms with Gasteiger partial charge in [-0.3, -0.25) is 4.84 Å². The molecule has 1 rings (SSSR count). The molecule has 0 radical (unpaired) electrons. The van der Waals surface area contributed by atoms with Crippen LogP contribution in [0.15, 0.2) is 11.4 Å². The van der Waals surface area contributed by atoms with Gasteiger partial charge in [0.15, 0.2) is 0 Å². The van der Waals surface area contributed by atoms with E-state index < -0.39 is 0 Å². The van der Waals surface area contributed by atoms with Crippen molar-refractivity contribution in [3.8, 4) is 0 Å². The molecule has 1 aliphatic rings. The molecule has 0 aromatic heterocycles. The molecule has 0 aliphatic carbocycles. The lowest BCUT2D eigenvalue weighted by Crippen LogP contribution is -2.39. The maximum absolute atomic E-state index is 11.0. The van der Waals surface area contributed by atoms with Crippen LogP contribution in [0, 0.1) is 10.4 Å². The number of rotatable bonds is 1. The van der Waals surface area contributed by atoms with Gasteiger partial charge in [0.05, 0.1) is 7.11 Å². The zero-order valence-corrected chi connectivity index (χ0v) is 6.57. The minimum atomic E-state index is 0.335. The Morgan fingerprint density at radius 2 is 1.45 bits per heavy atom. The van der Waals surface area contributed by atoms with E-state index in [2.05, 4.69) is 4.84 Å². The Morgan fingerprint density at radius 3 is 1.64 bits per heavy atom. The Hall–Kier alpha value is -0.820. The van der Waals surface area contributed by atoms with Gasteiger partial charge in [0.1, 0.15) is 0 Å². The fraction of sp³-hybridized carbons (Fsp3) is 0.600. The Balaban J connectivity index is 2.83. The predicted octanol–water partition coefficient (Wildman–Crippen LogP) is 0.544. The minimum Gasteiger partial charge on any atom is -0.740 e. The second-order valence-corrected chi connectivity index (χ2v) is 2.15. The lowest BCUT2D eigenvalue weighted by Gasteiger charge is -2.41. The molecule has 0 atom stereocenters. The second kappa shape index (κ2) is 2.67. The molecule has 64 valence electrons. The summed E-state index contributed by atoms with van der Waals surface area (Å²) >= 11 is 0. The molecule has 0 aromatic carbocycles. The van der Waals surface area contributed by atoms with Gasteiger partial charge in [-0.25, -0.2) is 0 Å². The first-order chi connectivity index (χ1) is 5.09. The second-order valence-electron chi connectivity index (χ2n) is 2.15. The molecular formula is C5H9N3O3-2. The summed E-state index contributed by atoms with van der Waals surface area (Å²) in [6.07, 6.45) is 0. The van der Waals surface area contributed by atoms with Crippen LogP contribution in [0.25, 0.3) is 0 Å². The molecule has 6 heteroatoms. The maximum atomic E-state index is 11.0. The van der Waals surface area contributed by atoms with E-state index in [4.69, 9.17) is 0 Å². The smallest absolute Gasteiger partial charge is 0.0615 e. The van der Waals surface area contributed by atoms with E-state index in [9.17, 15) is 10.4 Å². The first kappa shape index (κ1) is 8.28. The molecule has 1 heterocycles.